The van der Waals surface area contributed by atoms with Crippen LogP contribution in [0.1, 0.15) is 13.8 Å². The van der Waals surface area contributed by atoms with Crippen LogP contribution in [0.4, 0.5) is 0 Å². The third kappa shape index (κ3) is 4.52. The highest BCUT2D eigenvalue weighted by Crippen LogP contribution is 1.95. The van der Waals surface area contributed by atoms with Crippen LogP contribution < -0.4 is 0 Å². The largest absolute Gasteiger partial charge is 0.459 e. The van der Waals surface area contributed by atoms with Crippen molar-refractivity contribution in [3.63, 3.8) is 0 Å². The van der Waals surface area contributed by atoms with E-state index in [1.807, 2.05) is 0 Å². The van der Waals surface area contributed by atoms with Crippen LogP contribution in [0.3, 0.4) is 0 Å². The fourth-order valence-corrected chi connectivity index (χ4v) is 0.355. The van der Waals surface area contributed by atoms with Gasteiger partial charge in [-0.15, -0.1) is 0 Å². The Kier molecular flexibility index (Phi) is 4.49. The van der Waals surface area contributed by atoms with E-state index in [4.69, 9.17) is 5.26 Å². The van der Waals surface area contributed by atoms with Gasteiger partial charge in [0.2, 0.25) is 0 Å². The summed E-state index contributed by atoms with van der Waals surface area (Å²) in [5, 5.41) is 8.05. The second-order valence-corrected chi connectivity index (χ2v) is 2.31. The molecule has 0 heterocycles. The molecular formula is C7H12O4. The smallest absolute Gasteiger partial charge is 0.338 e. The molecule has 0 aliphatic rings. The van der Waals surface area contributed by atoms with Gasteiger partial charge < -0.3 is 4.74 Å². The van der Waals surface area contributed by atoms with E-state index < -0.39 is 12.1 Å². The molecule has 64 valence electrons. The molecule has 4 nitrogen and oxygen atoms in total. The number of ether oxygens (including phenoxy) is 1. The number of rotatable bonds is 4. The number of carbonyl (C=O) groups excluding carboxylic acids is 1. The molecule has 0 aromatic rings. The van der Waals surface area contributed by atoms with Crippen LogP contribution in [0.5, 0.6) is 0 Å². The number of hydrogen-bond acceptors (Lipinski definition) is 4. The normalized spacial score (nSPS) is 12.3. The second kappa shape index (κ2) is 4.87. The van der Waals surface area contributed by atoms with Gasteiger partial charge in [0.15, 0.2) is 6.10 Å². The summed E-state index contributed by atoms with van der Waals surface area (Å²) in [4.78, 5) is 14.5. The number of esters is 1. The van der Waals surface area contributed by atoms with E-state index >= 15 is 0 Å². The molecule has 0 aliphatic carbocycles. The predicted octanol–water partition coefficient (Wildman–Crippen LogP) is 0.984. The van der Waals surface area contributed by atoms with Gasteiger partial charge in [0.25, 0.3) is 0 Å². The van der Waals surface area contributed by atoms with E-state index in [-0.39, 0.29) is 6.61 Å². The Labute approximate surface area is 65.4 Å². The zero-order valence-electron chi connectivity index (χ0n) is 6.66. The predicted molar refractivity (Wildman–Crippen MR) is 38.9 cm³/mol. The van der Waals surface area contributed by atoms with Gasteiger partial charge in [0.05, 0.1) is 0 Å². The first-order valence-corrected chi connectivity index (χ1v) is 3.19. The van der Waals surface area contributed by atoms with Gasteiger partial charge in [-0.1, -0.05) is 6.58 Å². The van der Waals surface area contributed by atoms with Crippen LogP contribution in [-0.2, 0) is 14.4 Å². The van der Waals surface area contributed by atoms with Crippen molar-refractivity contribution >= 4 is 5.97 Å². The maximum absolute atomic E-state index is 10.7. The Bertz CT molecular complexity index is 153. The van der Waals surface area contributed by atoms with Gasteiger partial charge in [0, 0.05) is 0 Å². The van der Waals surface area contributed by atoms with Crippen molar-refractivity contribution in [2.24, 2.45) is 0 Å². The van der Waals surface area contributed by atoms with Crippen LogP contribution in [0.15, 0.2) is 12.2 Å². The van der Waals surface area contributed by atoms with Gasteiger partial charge in [-0.2, -0.15) is 0 Å². The van der Waals surface area contributed by atoms with E-state index in [2.05, 4.69) is 16.2 Å². The van der Waals surface area contributed by atoms with Crippen LogP contribution in [-0.4, -0.2) is 23.9 Å². The highest BCUT2D eigenvalue weighted by atomic mass is 17.1. The lowest BCUT2D eigenvalue weighted by Crippen LogP contribution is -2.22. The van der Waals surface area contributed by atoms with Crippen molar-refractivity contribution in [2.45, 2.75) is 20.0 Å². The van der Waals surface area contributed by atoms with Gasteiger partial charge >= 0.3 is 5.97 Å². The van der Waals surface area contributed by atoms with E-state index in [0.717, 1.165) is 5.57 Å². The number of carbonyl (C=O) groups is 1. The van der Waals surface area contributed by atoms with Gasteiger partial charge in [-0.3, -0.25) is 5.26 Å². The topological polar surface area (TPSA) is 55.8 Å². The molecule has 1 unspecified atom stereocenters. The van der Waals surface area contributed by atoms with Crippen LogP contribution in [0.25, 0.3) is 0 Å². The summed E-state index contributed by atoms with van der Waals surface area (Å²) < 4.78 is 4.63. The van der Waals surface area contributed by atoms with Gasteiger partial charge in [0.1, 0.15) is 6.61 Å². The van der Waals surface area contributed by atoms with Crippen LogP contribution >= 0.6 is 0 Å². The van der Waals surface area contributed by atoms with Gasteiger partial charge in [-0.05, 0) is 19.4 Å². The summed E-state index contributed by atoms with van der Waals surface area (Å²) >= 11 is 0. The highest BCUT2D eigenvalue weighted by molar-refractivity contribution is 5.74. The Balaban J connectivity index is 3.60. The van der Waals surface area contributed by atoms with E-state index in [1.54, 1.807) is 6.92 Å². The summed E-state index contributed by atoms with van der Waals surface area (Å²) in [6.07, 6.45) is -0.936. The summed E-state index contributed by atoms with van der Waals surface area (Å²) in [6, 6.07) is 0. The Morgan fingerprint density at radius 3 is 2.64 bits per heavy atom. The molecule has 0 radical (unpaired) electrons. The Morgan fingerprint density at radius 2 is 2.27 bits per heavy atom. The fourth-order valence-electron chi connectivity index (χ4n) is 0.355. The van der Waals surface area contributed by atoms with Crippen molar-refractivity contribution < 1.29 is 19.7 Å². The molecule has 0 saturated carbocycles. The molecule has 0 aliphatic heterocycles. The maximum atomic E-state index is 10.7. The van der Waals surface area contributed by atoms with Crippen molar-refractivity contribution in [1.29, 1.82) is 0 Å². The summed E-state index contributed by atoms with van der Waals surface area (Å²) in [7, 11) is 0. The van der Waals surface area contributed by atoms with E-state index in [9.17, 15) is 4.79 Å². The van der Waals surface area contributed by atoms with Crippen LogP contribution in [0, 0.1) is 0 Å². The van der Waals surface area contributed by atoms with Gasteiger partial charge in [-0.25, -0.2) is 9.68 Å². The van der Waals surface area contributed by atoms with E-state index in [1.165, 1.54) is 6.92 Å². The zero-order valence-corrected chi connectivity index (χ0v) is 6.66. The van der Waals surface area contributed by atoms with Crippen LogP contribution in [0.2, 0.25) is 0 Å². The molecule has 0 amide bonds. The first-order valence-electron chi connectivity index (χ1n) is 3.19. The maximum Gasteiger partial charge on any atom is 0.338 e. The lowest BCUT2D eigenvalue weighted by Gasteiger charge is -2.07. The first kappa shape index (κ1) is 10.1. The molecular weight excluding hydrogens is 148 g/mol. The third-order valence-corrected chi connectivity index (χ3v) is 0.951. The minimum Gasteiger partial charge on any atom is -0.459 e. The summed E-state index contributed by atoms with van der Waals surface area (Å²) in [5.74, 6) is -0.601. The molecule has 0 spiro atoms. The average Bonchev–Trinajstić information content (AvgIpc) is 1.98. The quantitative estimate of drug-likeness (QED) is 0.288. The summed E-state index contributed by atoms with van der Waals surface area (Å²) in [6.45, 7) is 6.81. The molecule has 0 rings (SSSR count). The Hall–Kier alpha value is -0.870. The molecule has 0 aromatic carbocycles. The first-order chi connectivity index (χ1) is 5.07. The lowest BCUT2D eigenvalue weighted by atomic mass is 10.4. The van der Waals surface area contributed by atoms with Crippen molar-refractivity contribution in [2.75, 3.05) is 6.61 Å². The van der Waals surface area contributed by atoms with Crippen molar-refractivity contribution in [3.05, 3.63) is 12.2 Å². The summed E-state index contributed by atoms with van der Waals surface area (Å²) in [5.41, 5.74) is 0.739. The standard InChI is InChI=1S/C7H12O4/c1-5(2)4-10-7(8)6(3)11-9/h6,9H,1,4H2,2-3H3. The van der Waals surface area contributed by atoms with E-state index in [0.29, 0.717) is 0 Å². The molecule has 1 atom stereocenters. The molecule has 0 bridgehead atoms. The third-order valence-electron chi connectivity index (χ3n) is 0.951. The molecule has 11 heavy (non-hydrogen) atoms. The monoisotopic (exact) mass is 160 g/mol. The highest BCUT2D eigenvalue weighted by Gasteiger charge is 2.13. The SMILES string of the molecule is C=C(C)COC(=O)C(C)OO. The number of hydrogen-bond donors (Lipinski definition) is 1. The lowest BCUT2D eigenvalue weighted by molar-refractivity contribution is -0.273. The molecule has 0 fully saturated rings. The average molecular weight is 160 g/mol. The molecule has 0 aromatic heterocycles. The minimum absolute atomic E-state index is 0.159. The molecule has 1 N–H and O–H groups in total. The zero-order chi connectivity index (χ0) is 8.85. The van der Waals surface area contributed by atoms with Crippen molar-refractivity contribution in [3.8, 4) is 0 Å². The Morgan fingerprint density at radius 1 is 1.73 bits per heavy atom. The molecule has 0 saturated heterocycles. The second-order valence-electron chi connectivity index (χ2n) is 2.31. The minimum atomic E-state index is -0.936. The molecule has 4 heteroatoms. The van der Waals surface area contributed by atoms with Crippen molar-refractivity contribution in [1.82, 2.24) is 0 Å². The fraction of sp³-hybridized carbons (Fsp3) is 0.571.